The molecule has 100 valence electrons. The molecule has 4 atom stereocenters. The first-order valence-electron chi connectivity index (χ1n) is 5.36. The van der Waals surface area contributed by atoms with E-state index in [0.717, 1.165) is 0 Å². The number of aliphatic hydroxyl groups is 2. The predicted molar refractivity (Wildman–Crippen MR) is 62.5 cm³/mol. The molecule has 1 aromatic rings. The number of aromatic nitrogens is 2. The van der Waals surface area contributed by atoms with Crippen LogP contribution in [0.1, 0.15) is 11.8 Å². The van der Waals surface area contributed by atoms with Crippen LogP contribution < -0.4 is 5.56 Å². The van der Waals surface area contributed by atoms with Crippen molar-refractivity contribution in [3.05, 3.63) is 26.9 Å². The van der Waals surface area contributed by atoms with Crippen molar-refractivity contribution in [2.45, 2.75) is 31.5 Å². The first-order valence-corrected chi connectivity index (χ1v) is 5.77. The molecule has 0 radical (unpaired) electrons. The highest BCUT2D eigenvalue weighted by Gasteiger charge is 2.44. The zero-order valence-electron chi connectivity index (χ0n) is 9.54. The van der Waals surface area contributed by atoms with E-state index in [2.05, 4.69) is 4.98 Å². The van der Waals surface area contributed by atoms with Crippen molar-refractivity contribution in [1.82, 2.24) is 9.55 Å². The van der Waals surface area contributed by atoms with Gasteiger partial charge in [0, 0.05) is 11.8 Å². The number of ether oxygens (including phenoxy) is 1. The number of aryl methyl sites for hydroxylation is 1. The van der Waals surface area contributed by atoms with Gasteiger partial charge < -0.3 is 14.9 Å². The Kier molecular flexibility index (Phi) is 3.62. The lowest BCUT2D eigenvalue weighted by molar-refractivity contribution is -0.0484. The highest BCUT2D eigenvalue weighted by Crippen LogP contribution is 2.31. The van der Waals surface area contributed by atoms with Crippen molar-refractivity contribution >= 4 is 12.2 Å². The Hall–Kier alpha value is -1.09. The second-order valence-corrected chi connectivity index (χ2v) is 4.55. The van der Waals surface area contributed by atoms with Crippen molar-refractivity contribution in [3.63, 3.8) is 0 Å². The Morgan fingerprint density at radius 2 is 2.33 bits per heavy atom. The van der Waals surface area contributed by atoms with E-state index in [9.17, 15) is 14.3 Å². The molecule has 3 N–H and O–H groups in total. The molecule has 1 aliphatic rings. The lowest BCUT2D eigenvalue weighted by atomic mass is 10.1. The number of aliphatic hydroxyl groups excluding tert-OH is 2. The fraction of sp³-hybridized carbons (Fsp3) is 0.600. The summed E-state index contributed by atoms with van der Waals surface area (Å²) in [6.07, 6.45) is -3.93. The summed E-state index contributed by atoms with van der Waals surface area (Å²) in [6, 6.07) is 0. The molecule has 1 aromatic heterocycles. The standard InChI is InChI=1S/C10H13FN2O4S/c1-4-2-13(10(18)12-8(4)16)9-6(11)7(15)5(3-14)17-9/h2,5-7,9,14-15H,3H2,1H3,(H,12,16,18)/t5-,6+,7?,9-/m0/s1. The summed E-state index contributed by atoms with van der Waals surface area (Å²) in [5, 5.41) is 18.5. The monoisotopic (exact) mass is 276 g/mol. The molecule has 0 amide bonds. The van der Waals surface area contributed by atoms with Crippen LogP contribution in [0.15, 0.2) is 11.0 Å². The van der Waals surface area contributed by atoms with Crippen LogP contribution in [-0.4, -0.2) is 44.8 Å². The summed E-state index contributed by atoms with van der Waals surface area (Å²) in [5.74, 6) is 0. The first-order chi connectivity index (χ1) is 8.45. The van der Waals surface area contributed by atoms with E-state index in [1.807, 2.05) is 0 Å². The third-order valence-electron chi connectivity index (χ3n) is 2.89. The van der Waals surface area contributed by atoms with Crippen LogP contribution >= 0.6 is 12.2 Å². The van der Waals surface area contributed by atoms with Gasteiger partial charge in [0.05, 0.1) is 6.61 Å². The van der Waals surface area contributed by atoms with Crippen LogP contribution in [0, 0.1) is 11.7 Å². The Bertz CT molecular complexity index is 558. The Morgan fingerprint density at radius 3 is 2.89 bits per heavy atom. The average molecular weight is 276 g/mol. The Morgan fingerprint density at radius 1 is 1.67 bits per heavy atom. The molecule has 8 heteroatoms. The van der Waals surface area contributed by atoms with Gasteiger partial charge in [-0.05, 0) is 19.1 Å². The maximum Gasteiger partial charge on any atom is 0.254 e. The summed E-state index contributed by atoms with van der Waals surface area (Å²) >= 11 is 4.92. The molecular formula is C10H13FN2O4S. The Balaban J connectivity index is 2.42. The molecule has 1 saturated heterocycles. The number of H-pyrrole nitrogens is 1. The maximum absolute atomic E-state index is 13.9. The van der Waals surface area contributed by atoms with Gasteiger partial charge in [-0.3, -0.25) is 14.3 Å². The quantitative estimate of drug-likeness (QED) is 0.651. The minimum absolute atomic E-state index is 0.00374. The number of nitrogens with one attached hydrogen (secondary N) is 1. The number of nitrogens with zero attached hydrogens (tertiary/aromatic N) is 1. The molecule has 2 heterocycles. The summed E-state index contributed by atoms with van der Waals surface area (Å²) in [4.78, 5) is 13.7. The highest BCUT2D eigenvalue weighted by molar-refractivity contribution is 7.71. The van der Waals surface area contributed by atoms with Crippen LogP contribution in [0.2, 0.25) is 0 Å². The van der Waals surface area contributed by atoms with Crippen molar-refractivity contribution in [2.75, 3.05) is 6.61 Å². The molecule has 0 bridgehead atoms. The first kappa shape index (κ1) is 13.3. The number of alkyl halides is 1. The second kappa shape index (κ2) is 4.88. The van der Waals surface area contributed by atoms with Gasteiger partial charge >= 0.3 is 0 Å². The molecule has 1 aliphatic heterocycles. The Labute approximate surface area is 107 Å². The van der Waals surface area contributed by atoms with E-state index in [-0.39, 0.29) is 10.3 Å². The third-order valence-corrected chi connectivity index (χ3v) is 3.21. The maximum atomic E-state index is 13.9. The van der Waals surface area contributed by atoms with Crippen molar-refractivity contribution in [1.29, 1.82) is 0 Å². The molecule has 0 aliphatic carbocycles. The van der Waals surface area contributed by atoms with E-state index in [4.69, 9.17) is 22.1 Å². The van der Waals surface area contributed by atoms with Crippen LogP contribution in [0.4, 0.5) is 4.39 Å². The van der Waals surface area contributed by atoms with Crippen LogP contribution in [-0.2, 0) is 4.74 Å². The molecule has 0 spiro atoms. The van der Waals surface area contributed by atoms with Gasteiger partial charge in [0.2, 0.25) is 0 Å². The van der Waals surface area contributed by atoms with Gasteiger partial charge in [-0.15, -0.1) is 0 Å². The molecule has 18 heavy (non-hydrogen) atoms. The average Bonchev–Trinajstić information content (AvgIpc) is 2.61. The van der Waals surface area contributed by atoms with Gasteiger partial charge in [-0.25, -0.2) is 4.39 Å². The normalized spacial score (nSPS) is 31.8. The SMILES string of the molecule is Cc1cn([C@H]2O[C@@H](CO)C(O)[C@H]2F)c(=S)[nH]c1=O. The lowest BCUT2D eigenvalue weighted by Gasteiger charge is -2.17. The fourth-order valence-corrected chi connectivity index (χ4v) is 2.10. The highest BCUT2D eigenvalue weighted by atomic mass is 32.1. The van der Waals surface area contributed by atoms with Crippen molar-refractivity contribution < 1.29 is 19.3 Å². The van der Waals surface area contributed by atoms with E-state index in [0.29, 0.717) is 5.56 Å². The minimum atomic E-state index is -1.72. The smallest absolute Gasteiger partial charge is 0.254 e. The summed E-state index contributed by atoms with van der Waals surface area (Å²) in [5.41, 5.74) is -0.00903. The number of halogens is 1. The molecule has 0 aromatic carbocycles. The van der Waals surface area contributed by atoms with Gasteiger partial charge in [0.1, 0.15) is 12.2 Å². The van der Waals surface area contributed by atoms with Crippen molar-refractivity contribution in [3.8, 4) is 0 Å². The van der Waals surface area contributed by atoms with E-state index >= 15 is 0 Å². The van der Waals surface area contributed by atoms with Crippen LogP contribution in [0.3, 0.4) is 0 Å². The summed E-state index contributed by atoms with van der Waals surface area (Å²) in [6.45, 7) is 1.06. The topological polar surface area (TPSA) is 87.5 Å². The summed E-state index contributed by atoms with van der Waals surface area (Å²) < 4.78 is 20.3. The fourth-order valence-electron chi connectivity index (χ4n) is 1.85. The van der Waals surface area contributed by atoms with Gasteiger partial charge in [0.15, 0.2) is 17.2 Å². The third kappa shape index (κ3) is 2.12. The van der Waals surface area contributed by atoms with Crippen LogP contribution in [0.25, 0.3) is 0 Å². The number of rotatable bonds is 2. The number of hydrogen-bond acceptors (Lipinski definition) is 5. The molecular weight excluding hydrogens is 263 g/mol. The molecule has 1 unspecified atom stereocenters. The zero-order chi connectivity index (χ0) is 13.4. The molecule has 2 rings (SSSR count). The minimum Gasteiger partial charge on any atom is -0.394 e. The predicted octanol–water partition coefficient (Wildman–Crippen LogP) is -0.197. The van der Waals surface area contributed by atoms with E-state index < -0.39 is 31.2 Å². The van der Waals surface area contributed by atoms with Gasteiger partial charge in [-0.1, -0.05) is 0 Å². The second-order valence-electron chi connectivity index (χ2n) is 4.16. The summed E-state index contributed by atoms with van der Waals surface area (Å²) in [7, 11) is 0. The number of hydrogen-bond donors (Lipinski definition) is 3. The van der Waals surface area contributed by atoms with Gasteiger partial charge in [0.25, 0.3) is 5.56 Å². The van der Waals surface area contributed by atoms with E-state index in [1.54, 1.807) is 6.92 Å². The van der Waals surface area contributed by atoms with Crippen molar-refractivity contribution in [2.24, 2.45) is 0 Å². The molecule has 0 saturated carbocycles. The zero-order valence-corrected chi connectivity index (χ0v) is 10.4. The number of aromatic amines is 1. The molecule has 6 nitrogen and oxygen atoms in total. The lowest BCUT2D eigenvalue weighted by Crippen LogP contribution is -2.30. The van der Waals surface area contributed by atoms with Gasteiger partial charge in [-0.2, -0.15) is 0 Å². The molecule has 1 fully saturated rings. The largest absolute Gasteiger partial charge is 0.394 e. The van der Waals surface area contributed by atoms with E-state index in [1.165, 1.54) is 10.8 Å². The van der Waals surface area contributed by atoms with Crippen LogP contribution in [0.5, 0.6) is 0 Å².